The highest BCUT2D eigenvalue weighted by Crippen LogP contribution is 2.58. The number of anilines is 2. The Morgan fingerprint density at radius 2 is 2.10 bits per heavy atom. The molecule has 0 bridgehead atoms. The summed E-state index contributed by atoms with van der Waals surface area (Å²) >= 11 is 1.08. The molecule has 3 N–H and O–H groups in total. The number of aromatic nitrogens is 4. The number of carbonyl (C=O) groups is 1. The van der Waals surface area contributed by atoms with Crippen LogP contribution in [-0.2, 0) is 42.4 Å². The van der Waals surface area contributed by atoms with Gasteiger partial charge in [0.15, 0.2) is 22.1 Å². The fourth-order valence-electron chi connectivity index (χ4n) is 4.55. The molecule has 4 rings (SSSR count). The third-order valence-corrected chi connectivity index (χ3v) is 9.80. The molecule has 42 heavy (non-hydrogen) atoms. The van der Waals surface area contributed by atoms with Gasteiger partial charge in [-0.25, -0.2) is 18.0 Å². The van der Waals surface area contributed by atoms with Gasteiger partial charge < -0.3 is 15.2 Å². The zero-order valence-electron chi connectivity index (χ0n) is 24.4. The van der Waals surface area contributed by atoms with Crippen molar-refractivity contribution < 1.29 is 40.8 Å². The molecule has 0 saturated carbocycles. The van der Waals surface area contributed by atoms with Crippen LogP contribution in [0.3, 0.4) is 0 Å². The molecular formula is C23H38N7O9PS2. The molecule has 4 heterocycles. The van der Waals surface area contributed by atoms with Gasteiger partial charge in [0, 0.05) is 25.3 Å². The minimum absolute atomic E-state index is 0.0181. The average Bonchev–Trinajstić information content (AvgIpc) is 3.45. The number of thioether (sulfide) groups is 1. The predicted molar refractivity (Wildman–Crippen MR) is 156 cm³/mol. The molecule has 19 heteroatoms. The molecule has 2 aromatic heterocycles. The Morgan fingerprint density at radius 3 is 2.79 bits per heavy atom. The Balaban J connectivity index is 1.39. The van der Waals surface area contributed by atoms with Crippen LogP contribution < -0.4 is 15.6 Å². The number of sulfonamides is 1. The van der Waals surface area contributed by atoms with Crippen molar-refractivity contribution >= 4 is 57.7 Å². The van der Waals surface area contributed by atoms with E-state index >= 15 is 0 Å². The number of nitrogen functional groups attached to an aromatic ring is 1. The number of nitrogens with two attached hydrogens (primary N) is 1. The molecule has 2 saturated heterocycles. The number of imidazole rings is 1. The van der Waals surface area contributed by atoms with E-state index < -0.39 is 41.7 Å². The van der Waals surface area contributed by atoms with E-state index in [1.807, 2.05) is 27.7 Å². The van der Waals surface area contributed by atoms with E-state index in [1.165, 1.54) is 18.4 Å². The lowest BCUT2D eigenvalue weighted by Gasteiger charge is -2.31. The number of ether oxygens (including phenoxy) is 2. The number of fused-ring (bicyclic) bond motifs is 2. The number of phosphoric acid groups is 1. The number of nitrogens with one attached hydrogen (secondary N) is 1. The van der Waals surface area contributed by atoms with Gasteiger partial charge in [0.2, 0.25) is 16.0 Å². The van der Waals surface area contributed by atoms with Gasteiger partial charge in [-0.3, -0.25) is 27.9 Å². The Bertz CT molecular complexity index is 1440. The summed E-state index contributed by atoms with van der Waals surface area (Å²) in [6.45, 7) is 8.36. The van der Waals surface area contributed by atoms with Crippen LogP contribution in [-0.4, -0.2) is 90.7 Å². The molecule has 2 aromatic rings. The first-order valence-electron chi connectivity index (χ1n) is 13.3. The standard InChI is InChI=1S/C23H38N7O9PS2/c1-7-8-35-12-23(3,4)21(31)41-10-9-36-40(32)37-11-15-17(39-40)14(2)20(38-15)30-13-25-16-18(26-22(24)27-19(16)30)29(5)28-42(6,33)34/h13-15,17,20,28H,7-12H2,1-6H3,(H2,24,26,27)/t14-,15?,17-,20+,40?/m0/s1. The maximum absolute atomic E-state index is 13.3. The Morgan fingerprint density at radius 1 is 1.36 bits per heavy atom. The lowest BCUT2D eigenvalue weighted by Crippen LogP contribution is -2.39. The summed E-state index contributed by atoms with van der Waals surface area (Å²) in [4.78, 5) is 27.7. The van der Waals surface area contributed by atoms with Crippen LogP contribution in [0.1, 0.15) is 40.3 Å². The molecule has 0 spiro atoms. The van der Waals surface area contributed by atoms with Crippen molar-refractivity contribution in [3.8, 4) is 0 Å². The summed E-state index contributed by atoms with van der Waals surface area (Å²) in [6.07, 6.45) is 1.52. The largest absolute Gasteiger partial charge is 0.475 e. The number of rotatable bonds is 13. The van der Waals surface area contributed by atoms with Gasteiger partial charge >= 0.3 is 7.82 Å². The summed E-state index contributed by atoms with van der Waals surface area (Å²) in [6, 6.07) is 0. The lowest BCUT2D eigenvalue weighted by atomic mass is 9.97. The average molecular weight is 652 g/mol. The van der Waals surface area contributed by atoms with Crippen molar-refractivity contribution in [3.63, 3.8) is 0 Å². The van der Waals surface area contributed by atoms with Crippen molar-refractivity contribution in [1.29, 1.82) is 0 Å². The Labute approximate surface area is 249 Å². The number of phosphoric ester groups is 1. The van der Waals surface area contributed by atoms with E-state index in [1.54, 1.807) is 4.57 Å². The van der Waals surface area contributed by atoms with Crippen molar-refractivity contribution in [2.24, 2.45) is 11.3 Å². The third-order valence-electron chi connectivity index (χ3n) is 6.54. The molecule has 0 amide bonds. The molecule has 2 aliphatic rings. The molecular weight excluding hydrogens is 613 g/mol. The molecule has 2 aliphatic heterocycles. The van der Waals surface area contributed by atoms with Crippen molar-refractivity contribution in [1.82, 2.24) is 24.4 Å². The minimum Gasteiger partial charge on any atom is -0.380 e. The summed E-state index contributed by atoms with van der Waals surface area (Å²) in [5.41, 5.74) is 5.86. The highest BCUT2D eigenvalue weighted by atomic mass is 32.2. The second kappa shape index (κ2) is 13.0. The molecule has 2 unspecified atom stereocenters. The van der Waals surface area contributed by atoms with E-state index in [0.717, 1.165) is 24.4 Å². The molecule has 0 aromatic carbocycles. The molecule has 0 aliphatic carbocycles. The third kappa shape index (κ3) is 7.60. The van der Waals surface area contributed by atoms with Crippen LogP contribution in [0.2, 0.25) is 0 Å². The van der Waals surface area contributed by atoms with Crippen LogP contribution in [0.15, 0.2) is 6.33 Å². The quantitative estimate of drug-likeness (QED) is 0.181. The van der Waals surface area contributed by atoms with Gasteiger partial charge in [-0.1, -0.05) is 25.6 Å². The van der Waals surface area contributed by atoms with Gasteiger partial charge in [0.1, 0.15) is 18.4 Å². The number of carbonyl (C=O) groups excluding carboxylic acids is 1. The van der Waals surface area contributed by atoms with E-state index in [-0.39, 0.29) is 47.3 Å². The maximum atomic E-state index is 13.3. The summed E-state index contributed by atoms with van der Waals surface area (Å²) < 4.78 is 66.9. The molecule has 0 radical (unpaired) electrons. The van der Waals surface area contributed by atoms with Crippen molar-refractivity contribution in [2.75, 3.05) is 56.2 Å². The number of hydrogen-bond acceptors (Lipinski definition) is 15. The minimum atomic E-state index is -3.92. The normalized spacial score (nSPS) is 26.4. The van der Waals surface area contributed by atoms with E-state index in [9.17, 15) is 17.8 Å². The van der Waals surface area contributed by atoms with Crippen LogP contribution in [0.5, 0.6) is 0 Å². The Hall–Kier alpha value is -1.89. The smallest absolute Gasteiger partial charge is 0.380 e. The highest BCUT2D eigenvalue weighted by Gasteiger charge is 2.52. The van der Waals surface area contributed by atoms with E-state index in [2.05, 4.69) is 19.8 Å². The number of nitrogens with zero attached hydrogens (tertiary/aromatic N) is 5. The van der Waals surface area contributed by atoms with E-state index in [4.69, 9.17) is 28.8 Å². The van der Waals surface area contributed by atoms with Crippen molar-refractivity contribution in [2.45, 2.75) is 52.6 Å². The molecule has 2 fully saturated rings. The van der Waals surface area contributed by atoms with Gasteiger partial charge in [-0.05, 0) is 20.3 Å². The topological polar surface area (TPSA) is 199 Å². The zero-order chi connectivity index (χ0) is 30.9. The summed E-state index contributed by atoms with van der Waals surface area (Å²) in [5.74, 6) is -0.0342. The van der Waals surface area contributed by atoms with Crippen LogP contribution in [0, 0.1) is 11.3 Å². The first-order valence-corrected chi connectivity index (χ1v) is 17.7. The number of hydrazine groups is 1. The zero-order valence-corrected chi connectivity index (χ0v) is 26.9. The monoisotopic (exact) mass is 651 g/mol. The van der Waals surface area contributed by atoms with Gasteiger partial charge in [0.05, 0.1) is 37.8 Å². The van der Waals surface area contributed by atoms with Gasteiger partial charge in [-0.15, -0.1) is 4.83 Å². The van der Waals surface area contributed by atoms with Crippen molar-refractivity contribution in [3.05, 3.63) is 6.33 Å². The first kappa shape index (κ1) is 33.0. The second-order valence-electron chi connectivity index (χ2n) is 10.8. The predicted octanol–water partition coefficient (Wildman–Crippen LogP) is 2.10. The number of hydrogen-bond donors (Lipinski definition) is 2. The van der Waals surface area contributed by atoms with Crippen LogP contribution in [0.25, 0.3) is 11.2 Å². The summed E-state index contributed by atoms with van der Waals surface area (Å²) in [5, 5.41) is 1.13. The SMILES string of the molecule is CCCOCC(C)(C)C(=O)SCCOP1(=O)OCC2O[C@@H](n3cnc4c(N(C)NS(C)(=O)=O)nc(N)nc43)[C@@H](C)[C@@H]2O1. The molecule has 5 atom stereocenters. The highest BCUT2D eigenvalue weighted by molar-refractivity contribution is 8.13. The van der Waals surface area contributed by atoms with E-state index in [0.29, 0.717) is 18.9 Å². The summed E-state index contributed by atoms with van der Waals surface area (Å²) in [7, 11) is -6.05. The van der Waals surface area contributed by atoms with Crippen LogP contribution >= 0.6 is 19.6 Å². The van der Waals surface area contributed by atoms with Gasteiger partial charge in [0.25, 0.3) is 0 Å². The molecule has 16 nitrogen and oxygen atoms in total. The fraction of sp³-hybridized carbons (Fsp3) is 0.739. The van der Waals surface area contributed by atoms with Crippen LogP contribution in [0.4, 0.5) is 11.8 Å². The first-order chi connectivity index (χ1) is 19.6. The molecule has 236 valence electrons. The fourth-order valence-corrected chi connectivity index (χ4v) is 7.53. The lowest BCUT2D eigenvalue weighted by molar-refractivity contribution is -0.121. The Kier molecular flexibility index (Phi) is 10.2. The maximum Gasteiger partial charge on any atom is 0.475 e. The second-order valence-corrected chi connectivity index (χ2v) is 15.2. The van der Waals surface area contributed by atoms with Gasteiger partial charge in [-0.2, -0.15) is 9.97 Å².